The predicted octanol–water partition coefficient (Wildman–Crippen LogP) is 2.76. The third-order valence-corrected chi connectivity index (χ3v) is 5.16. The maximum Gasteiger partial charge on any atom is 0.251 e. The molecule has 0 atom stereocenters. The number of anilines is 1. The second kappa shape index (κ2) is 8.78. The molecule has 0 saturated carbocycles. The number of rotatable bonds is 7. The number of aromatic amines is 1. The highest BCUT2D eigenvalue weighted by atomic mass is 16.1. The summed E-state index contributed by atoms with van der Waals surface area (Å²) in [6, 6.07) is 11.1. The lowest BCUT2D eigenvalue weighted by Gasteiger charge is -2.09. The number of carbonyl (C=O) groups is 1. The summed E-state index contributed by atoms with van der Waals surface area (Å²) in [5.41, 5.74) is 5.34. The van der Waals surface area contributed by atoms with E-state index in [1.165, 1.54) is 0 Å². The number of H-pyrrole nitrogens is 1. The van der Waals surface area contributed by atoms with Gasteiger partial charge in [-0.15, -0.1) is 10.2 Å². The summed E-state index contributed by atoms with van der Waals surface area (Å²) in [4.78, 5) is 19.8. The van der Waals surface area contributed by atoms with Crippen LogP contribution in [0.25, 0.3) is 11.4 Å². The van der Waals surface area contributed by atoms with Crippen LogP contribution in [-0.2, 0) is 20.1 Å². The summed E-state index contributed by atoms with van der Waals surface area (Å²) in [7, 11) is 1.90. The van der Waals surface area contributed by atoms with Gasteiger partial charge in [-0.1, -0.05) is 6.07 Å². The minimum Gasteiger partial charge on any atom is -0.378 e. The van der Waals surface area contributed by atoms with Crippen LogP contribution in [0.4, 0.5) is 5.69 Å². The number of aryl methyl sites for hydroxylation is 2. The molecule has 3 heterocycles. The van der Waals surface area contributed by atoms with E-state index in [4.69, 9.17) is 0 Å². The molecule has 0 fully saturated rings. The first-order valence-electron chi connectivity index (χ1n) is 9.94. The van der Waals surface area contributed by atoms with E-state index in [9.17, 15) is 4.79 Å². The second-order valence-electron chi connectivity index (χ2n) is 7.25. The van der Waals surface area contributed by atoms with Crippen LogP contribution < -0.4 is 10.6 Å². The fraction of sp³-hybridized carbons (Fsp3) is 0.227. The second-order valence-corrected chi connectivity index (χ2v) is 7.25. The van der Waals surface area contributed by atoms with Crippen LogP contribution in [0, 0.1) is 13.8 Å². The van der Waals surface area contributed by atoms with E-state index in [1.54, 1.807) is 18.5 Å². The highest BCUT2D eigenvalue weighted by Crippen LogP contribution is 2.15. The lowest BCUT2D eigenvalue weighted by Crippen LogP contribution is -2.23. The van der Waals surface area contributed by atoms with Gasteiger partial charge in [0, 0.05) is 54.1 Å². The summed E-state index contributed by atoms with van der Waals surface area (Å²) in [5, 5.41) is 19.0. The molecule has 3 aromatic heterocycles. The summed E-state index contributed by atoms with van der Waals surface area (Å²) >= 11 is 0. The molecule has 9 nitrogen and oxygen atoms in total. The molecule has 0 saturated heterocycles. The smallest absolute Gasteiger partial charge is 0.251 e. The molecule has 0 aliphatic heterocycles. The van der Waals surface area contributed by atoms with Gasteiger partial charge in [0.2, 0.25) is 0 Å². The van der Waals surface area contributed by atoms with Crippen molar-refractivity contribution in [1.82, 2.24) is 35.3 Å². The van der Waals surface area contributed by atoms with Gasteiger partial charge in [0.25, 0.3) is 5.91 Å². The molecule has 0 unspecified atom stereocenters. The topological polar surface area (TPSA) is 113 Å². The van der Waals surface area contributed by atoms with Crippen LogP contribution >= 0.6 is 0 Å². The van der Waals surface area contributed by atoms with Crippen molar-refractivity contribution in [3.05, 3.63) is 77.1 Å². The fourth-order valence-corrected chi connectivity index (χ4v) is 3.32. The monoisotopic (exact) mass is 416 g/mol. The van der Waals surface area contributed by atoms with Gasteiger partial charge < -0.3 is 15.6 Å². The van der Waals surface area contributed by atoms with Gasteiger partial charge in [-0.25, -0.2) is 0 Å². The number of nitrogens with one attached hydrogen (secondary N) is 3. The molecule has 158 valence electrons. The minimum atomic E-state index is -0.133. The molecule has 4 aromatic rings. The molecule has 3 N–H and O–H groups in total. The van der Waals surface area contributed by atoms with E-state index in [1.807, 2.05) is 55.9 Å². The summed E-state index contributed by atoms with van der Waals surface area (Å²) in [5.74, 6) is 1.25. The van der Waals surface area contributed by atoms with E-state index in [2.05, 4.69) is 35.9 Å². The quantitative estimate of drug-likeness (QED) is 0.427. The lowest BCUT2D eigenvalue weighted by molar-refractivity contribution is 0.0951. The Labute approximate surface area is 179 Å². The zero-order valence-electron chi connectivity index (χ0n) is 17.7. The van der Waals surface area contributed by atoms with Crippen LogP contribution in [0.15, 0.2) is 48.8 Å². The third kappa shape index (κ3) is 4.61. The van der Waals surface area contributed by atoms with Crippen LogP contribution in [0.1, 0.15) is 33.1 Å². The summed E-state index contributed by atoms with van der Waals surface area (Å²) < 4.78 is 1.82. The number of nitrogens with zero attached hydrogens (tertiary/aromatic N) is 5. The van der Waals surface area contributed by atoms with Gasteiger partial charge in [-0.05, 0) is 44.2 Å². The van der Waals surface area contributed by atoms with Crippen molar-refractivity contribution in [2.45, 2.75) is 26.9 Å². The Morgan fingerprint density at radius 3 is 2.65 bits per heavy atom. The molecule has 0 aliphatic carbocycles. The molecule has 4 rings (SSSR count). The van der Waals surface area contributed by atoms with Crippen molar-refractivity contribution in [3.63, 3.8) is 0 Å². The number of amides is 1. The van der Waals surface area contributed by atoms with Gasteiger partial charge >= 0.3 is 0 Å². The Kier molecular flexibility index (Phi) is 5.74. The fourth-order valence-electron chi connectivity index (χ4n) is 3.32. The number of pyridine rings is 1. The van der Waals surface area contributed by atoms with Gasteiger partial charge in [0.1, 0.15) is 5.82 Å². The first kappa shape index (κ1) is 20.3. The molecular formula is C22H24N8O. The molecule has 1 amide bonds. The largest absolute Gasteiger partial charge is 0.378 e. The molecule has 0 radical (unpaired) electrons. The first-order chi connectivity index (χ1) is 15.0. The molecule has 1 aromatic carbocycles. The highest BCUT2D eigenvalue weighted by molar-refractivity contribution is 5.95. The van der Waals surface area contributed by atoms with Crippen molar-refractivity contribution in [3.8, 4) is 11.4 Å². The van der Waals surface area contributed by atoms with Crippen LogP contribution in [0.2, 0.25) is 0 Å². The number of carbonyl (C=O) groups excluding carboxylic acids is 1. The average molecular weight is 416 g/mol. The van der Waals surface area contributed by atoms with Crippen molar-refractivity contribution in [1.29, 1.82) is 0 Å². The Bertz CT molecular complexity index is 1200. The number of aromatic nitrogens is 6. The number of benzene rings is 1. The summed E-state index contributed by atoms with van der Waals surface area (Å²) in [6.45, 7) is 4.84. The minimum absolute atomic E-state index is 0.133. The highest BCUT2D eigenvalue weighted by Gasteiger charge is 2.12. The van der Waals surface area contributed by atoms with E-state index in [0.29, 0.717) is 30.3 Å². The van der Waals surface area contributed by atoms with Crippen molar-refractivity contribution < 1.29 is 4.79 Å². The Morgan fingerprint density at radius 2 is 1.90 bits per heavy atom. The van der Waals surface area contributed by atoms with Crippen molar-refractivity contribution >= 4 is 11.6 Å². The van der Waals surface area contributed by atoms with Crippen molar-refractivity contribution in [2.24, 2.45) is 7.05 Å². The van der Waals surface area contributed by atoms with E-state index in [-0.39, 0.29) is 5.91 Å². The molecule has 0 spiro atoms. The van der Waals surface area contributed by atoms with E-state index >= 15 is 0 Å². The normalized spacial score (nSPS) is 10.8. The standard InChI is InChI=1S/C22H24N8O/c1-14-19(15(2)30(3)29-14)12-25-22(31)17-5-4-6-18(11-17)24-13-20-26-21(28-27-20)16-7-9-23-10-8-16/h4-11,24H,12-13H2,1-3H3,(H,25,31)(H,26,27,28). The molecule has 0 aliphatic rings. The SMILES string of the molecule is Cc1nn(C)c(C)c1CNC(=O)c1cccc(NCc2nnc(-c3ccncc3)[nH]2)c1. The van der Waals surface area contributed by atoms with Gasteiger partial charge in [0.15, 0.2) is 5.82 Å². The van der Waals surface area contributed by atoms with Gasteiger partial charge in [-0.2, -0.15) is 5.10 Å². The van der Waals surface area contributed by atoms with Crippen LogP contribution in [-0.4, -0.2) is 35.9 Å². The van der Waals surface area contributed by atoms with E-state index in [0.717, 1.165) is 28.2 Å². The number of hydrogen-bond acceptors (Lipinski definition) is 6. The maximum atomic E-state index is 12.6. The zero-order chi connectivity index (χ0) is 21.8. The Hall–Kier alpha value is -4.01. The van der Waals surface area contributed by atoms with Crippen molar-refractivity contribution in [2.75, 3.05) is 5.32 Å². The molecule has 0 bridgehead atoms. The lowest BCUT2D eigenvalue weighted by atomic mass is 10.1. The predicted molar refractivity (Wildman–Crippen MR) is 117 cm³/mol. The van der Waals surface area contributed by atoms with Crippen LogP contribution in [0.5, 0.6) is 0 Å². The van der Waals surface area contributed by atoms with Crippen LogP contribution in [0.3, 0.4) is 0 Å². The third-order valence-electron chi connectivity index (χ3n) is 5.16. The summed E-state index contributed by atoms with van der Waals surface area (Å²) in [6.07, 6.45) is 3.42. The molecular weight excluding hydrogens is 392 g/mol. The van der Waals surface area contributed by atoms with E-state index < -0.39 is 0 Å². The van der Waals surface area contributed by atoms with Gasteiger partial charge in [0.05, 0.1) is 12.2 Å². The first-order valence-corrected chi connectivity index (χ1v) is 9.94. The molecule has 31 heavy (non-hydrogen) atoms. The zero-order valence-corrected chi connectivity index (χ0v) is 17.7. The Morgan fingerprint density at radius 1 is 1.10 bits per heavy atom. The number of hydrogen-bond donors (Lipinski definition) is 3. The molecule has 9 heteroatoms. The van der Waals surface area contributed by atoms with Gasteiger partial charge in [-0.3, -0.25) is 14.5 Å². The average Bonchev–Trinajstić information content (AvgIpc) is 3.36. The Balaban J connectivity index is 1.37. The maximum absolute atomic E-state index is 12.6.